The van der Waals surface area contributed by atoms with Crippen LogP contribution in [0.4, 0.5) is 0 Å². The fourth-order valence-electron chi connectivity index (χ4n) is 2.42. The van der Waals surface area contributed by atoms with Crippen molar-refractivity contribution in [1.29, 1.82) is 0 Å². The van der Waals surface area contributed by atoms with Gasteiger partial charge in [-0.05, 0) is 58.2 Å². The van der Waals surface area contributed by atoms with Crippen molar-refractivity contribution >= 4 is 11.8 Å². The van der Waals surface area contributed by atoms with Gasteiger partial charge in [0.25, 0.3) is 5.91 Å². The van der Waals surface area contributed by atoms with E-state index in [9.17, 15) is 19.8 Å². The van der Waals surface area contributed by atoms with Gasteiger partial charge in [-0.2, -0.15) is 0 Å². The highest BCUT2D eigenvalue weighted by molar-refractivity contribution is 5.86. The lowest BCUT2D eigenvalue weighted by Crippen LogP contribution is -2.47. The molecule has 2 atom stereocenters. The standard InChI is InChI=1S/C18H39N7O4/c19-7-5-9-22-8-3-4-11-24-17(28)18(29)25-16(27)12-14(26)6-1-2-10-23-15(21)13-20/h13-14,18,22-23,26,29H,1-12,19-21H2,(H,24,28)(H,25,27). The highest BCUT2D eigenvalue weighted by Gasteiger charge is 2.18. The van der Waals surface area contributed by atoms with Gasteiger partial charge in [-0.25, -0.2) is 0 Å². The molecule has 2 amide bonds. The summed E-state index contributed by atoms with van der Waals surface area (Å²) in [6, 6.07) is 0. The summed E-state index contributed by atoms with van der Waals surface area (Å²) >= 11 is 0. The minimum absolute atomic E-state index is 0.183. The lowest BCUT2D eigenvalue weighted by molar-refractivity contribution is -0.137. The Morgan fingerprint density at radius 1 is 0.931 bits per heavy atom. The van der Waals surface area contributed by atoms with Crippen LogP contribution in [0.2, 0.25) is 0 Å². The maximum Gasteiger partial charge on any atom is 0.269 e. The molecule has 0 saturated heterocycles. The van der Waals surface area contributed by atoms with E-state index >= 15 is 0 Å². The third-order valence-corrected chi connectivity index (χ3v) is 4.08. The molecule has 0 aromatic heterocycles. The summed E-state index contributed by atoms with van der Waals surface area (Å²) < 4.78 is 0. The molecule has 170 valence electrons. The molecule has 0 aromatic carbocycles. The quantitative estimate of drug-likeness (QED) is 0.0852. The van der Waals surface area contributed by atoms with E-state index in [-0.39, 0.29) is 6.42 Å². The van der Waals surface area contributed by atoms with Crippen molar-refractivity contribution in [2.24, 2.45) is 17.2 Å². The van der Waals surface area contributed by atoms with Crippen molar-refractivity contribution in [2.75, 3.05) is 32.7 Å². The summed E-state index contributed by atoms with van der Waals surface area (Å²) in [5.74, 6) is -0.866. The Labute approximate surface area is 172 Å². The summed E-state index contributed by atoms with van der Waals surface area (Å²) in [6.45, 7) is 3.38. The molecule has 12 N–H and O–H groups in total. The number of hydrogen-bond donors (Lipinski definition) is 9. The van der Waals surface area contributed by atoms with Crippen molar-refractivity contribution in [3.8, 4) is 0 Å². The third-order valence-electron chi connectivity index (χ3n) is 4.08. The van der Waals surface area contributed by atoms with Crippen molar-refractivity contribution in [3.63, 3.8) is 0 Å². The Balaban J connectivity index is 3.76. The normalized spacial score (nSPS) is 13.6. The Bertz CT molecular complexity index is 477. The van der Waals surface area contributed by atoms with Crippen LogP contribution in [-0.4, -0.2) is 67.1 Å². The molecule has 29 heavy (non-hydrogen) atoms. The molecule has 0 heterocycles. The van der Waals surface area contributed by atoms with E-state index in [1.165, 1.54) is 6.20 Å². The first-order valence-corrected chi connectivity index (χ1v) is 10.2. The number of rotatable bonds is 18. The van der Waals surface area contributed by atoms with E-state index in [4.69, 9.17) is 17.2 Å². The van der Waals surface area contributed by atoms with Gasteiger partial charge in [-0.1, -0.05) is 0 Å². The molecule has 0 rings (SSSR count). The summed E-state index contributed by atoms with van der Waals surface area (Å²) in [4.78, 5) is 23.6. The monoisotopic (exact) mass is 417 g/mol. The second kappa shape index (κ2) is 18.0. The van der Waals surface area contributed by atoms with Crippen molar-refractivity contribution < 1.29 is 19.8 Å². The first-order chi connectivity index (χ1) is 13.9. The molecular weight excluding hydrogens is 378 g/mol. The minimum Gasteiger partial charge on any atom is -0.402 e. The van der Waals surface area contributed by atoms with Crippen LogP contribution < -0.4 is 38.5 Å². The average molecular weight is 418 g/mol. The molecule has 0 aliphatic carbocycles. The number of carbonyl (C=O) groups excluding carboxylic acids is 2. The topological polar surface area (TPSA) is 201 Å². The lowest BCUT2D eigenvalue weighted by Gasteiger charge is -2.15. The lowest BCUT2D eigenvalue weighted by atomic mass is 10.1. The second-order valence-corrected chi connectivity index (χ2v) is 6.76. The van der Waals surface area contributed by atoms with Gasteiger partial charge >= 0.3 is 0 Å². The number of unbranched alkanes of at least 4 members (excludes halogenated alkanes) is 2. The van der Waals surface area contributed by atoms with Crippen LogP contribution in [0.1, 0.15) is 44.9 Å². The molecule has 0 bridgehead atoms. The van der Waals surface area contributed by atoms with E-state index in [1.807, 2.05) is 0 Å². The molecule has 2 unspecified atom stereocenters. The zero-order valence-electron chi connectivity index (χ0n) is 17.2. The maximum absolute atomic E-state index is 11.8. The number of aliphatic hydroxyl groups excluding tert-OH is 2. The van der Waals surface area contributed by atoms with Crippen LogP contribution in [0.25, 0.3) is 0 Å². The fraction of sp³-hybridized carbons (Fsp3) is 0.778. The molecule has 0 aliphatic heterocycles. The summed E-state index contributed by atoms with van der Waals surface area (Å²) in [6.07, 6.45) is 3.02. The van der Waals surface area contributed by atoms with Gasteiger partial charge < -0.3 is 48.7 Å². The van der Waals surface area contributed by atoms with Crippen LogP contribution in [0.15, 0.2) is 12.0 Å². The molecular formula is C18H39N7O4. The number of hydrogen-bond acceptors (Lipinski definition) is 9. The van der Waals surface area contributed by atoms with Crippen LogP contribution in [0, 0.1) is 0 Å². The Morgan fingerprint density at radius 3 is 2.24 bits per heavy atom. The van der Waals surface area contributed by atoms with E-state index in [2.05, 4.69) is 21.3 Å². The average Bonchev–Trinajstić information content (AvgIpc) is 2.68. The number of nitrogens with one attached hydrogen (secondary N) is 4. The highest BCUT2D eigenvalue weighted by atomic mass is 16.3. The molecule has 0 radical (unpaired) electrons. The first-order valence-electron chi connectivity index (χ1n) is 10.2. The first kappa shape index (κ1) is 26.9. The minimum atomic E-state index is -1.63. The molecule has 11 nitrogen and oxygen atoms in total. The molecule has 0 aliphatic rings. The van der Waals surface area contributed by atoms with E-state index in [1.54, 1.807) is 0 Å². The molecule has 0 saturated carbocycles. The number of aliphatic hydroxyl groups is 2. The van der Waals surface area contributed by atoms with E-state index in [0.29, 0.717) is 38.3 Å². The van der Waals surface area contributed by atoms with Crippen molar-refractivity contribution in [2.45, 2.75) is 57.3 Å². The summed E-state index contributed by atoms with van der Waals surface area (Å²) in [7, 11) is 0. The van der Waals surface area contributed by atoms with E-state index in [0.717, 1.165) is 38.8 Å². The Hall–Kier alpha value is -2.08. The van der Waals surface area contributed by atoms with Gasteiger partial charge in [-0.3, -0.25) is 9.59 Å². The zero-order chi connectivity index (χ0) is 21.9. The van der Waals surface area contributed by atoms with Crippen LogP contribution in [0.3, 0.4) is 0 Å². The predicted octanol–water partition coefficient (Wildman–Crippen LogP) is -2.52. The van der Waals surface area contributed by atoms with Gasteiger partial charge in [0.2, 0.25) is 12.1 Å². The van der Waals surface area contributed by atoms with Crippen molar-refractivity contribution in [1.82, 2.24) is 21.3 Å². The summed E-state index contributed by atoms with van der Waals surface area (Å²) in [5.41, 5.74) is 16.1. The smallest absolute Gasteiger partial charge is 0.269 e. The Kier molecular flexibility index (Phi) is 16.7. The third kappa shape index (κ3) is 16.6. The second-order valence-electron chi connectivity index (χ2n) is 6.76. The largest absolute Gasteiger partial charge is 0.402 e. The van der Waals surface area contributed by atoms with Gasteiger partial charge in [0.05, 0.1) is 12.5 Å². The fourth-order valence-corrected chi connectivity index (χ4v) is 2.42. The van der Waals surface area contributed by atoms with Gasteiger partial charge in [0.15, 0.2) is 0 Å². The van der Waals surface area contributed by atoms with Gasteiger partial charge in [-0.15, -0.1) is 0 Å². The zero-order valence-corrected chi connectivity index (χ0v) is 17.2. The molecule has 0 fully saturated rings. The van der Waals surface area contributed by atoms with Crippen LogP contribution >= 0.6 is 0 Å². The molecule has 0 spiro atoms. The molecule has 0 aromatic rings. The van der Waals surface area contributed by atoms with Gasteiger partial charge in [0.1, 0.15) is 5.82 Å². The Morgan fingerprint density at radius 2 is 1.55 bits per heavy atom. The number of nitrogens with two attached hydrogens (primary N) is 3. The van der Waals surface area contributed by atoms with E-state index < -0.39 is 24.1 Å². The number of amides is 2. The number of carbonyl (C=O) groups is 2. The maximum atomic E-state index is 11.8. The highest BCUT2D eigenvalue weighted by Crippen LogP contribution is 2.04. The summed E-state index contributed by atoms with van der Waals surface area (Å²) in [5, 5.41) is 30.5. The predicted molar refractivity (Wildman–Crippen MR) is 112 cm³/mol. The SMILES string of the molecule is NC=C(N)NCCCCC(O)CC(=O)NC(O)C(=O)NCCCCNCCCN. The molecule has 11 heteroatoms. The van der Waals surface area contributed by atoms with Crippen molar-refractivity contribution in [3.05, 3.63) is 12.0 Å². The van der Waals surface area contributed by atoms with Crippen LogP contribution in [0.5, 0.6) is 0 Å². The van der Waals surface area contributed by atoms with Crippen LogP contribution in [-0.2, 0) is 9.59 Å². The van der Waals surface area contributed by atoms with Gasteiger partial charge in [0, 0.05) is 19.3 Å².